The Morgan fingerprint density at radius 2 is 1.80 bits per heavy atom. The first-order valence-corrected chi connectivity index (χ1v) is 5.61. The molecule has 0 amide bonds. The van der Waals surface area contributed by atoms with Crippen LogP contribution >= 0.6 is 7.37 Å². The first kappa shape index (κ1) is 10.2. The van der Waals surface area contributed by atoms with Crippen molar-refractivity contribution in [1.29, 1.82) is 0 Å². The van der Waals surface area contributed by atoms with Gasteiger partial charge in [0, 0.05) is 12.3 Å². The van der Waals surface area contributed by atoms with Gasteiger partial charge in [0.25, 0.3) is 0 Å². The van der Waals surface area contributed by atoms with Gasteiger partial charge in [-0.2, -0.15) is 0 Å². The summed E-state index contributed by atoms with van der Waals surface area (Å²) in [5.41, 5.74) is -0.0275. The molecule has 0 bridgehead atoms. The van der Waals surface area contributed by atoms with Gasteiger partial charge in [-0.1, -0.05) is 27.7 Å². The number of rotatable bonds is 2. The zero-order chi connectivity index (χ0) is 8.41. The third-order valence-electron chi connectivity index (χ3n) is 1.22. The van der Waals surface area contributed by atoms with Gasteiger partial charge < -0.3 is 4.89 Å². The van der Waals surface area contributed by atoms with Gasteiger partial charge in [-0.15, -0.1) is 0 Å². The van der Waals surface area contributed by atoms with E-state index in [0.29, 0.717) is 12.3 Å². The van der Waals surface area contributed by atoms with Crippen LogP contribution in [0.1, 0.15) is 27.7 Å². The summed E-state index contributed by atoms with van der Waals surface area (Å²) in [5, 5.41) is 0. The summed E-state index contributed by atoms with van der Waals surface area (Å²) in [5.74, 6) is 0. The topological polar surface area (TPSA) is 37.3 Å². The van der Waals surface area contributed by atoms with Crippen LogP contribution in [-0.2, 0) is 4.57 Å². The summed E-state index contributed by atoms with van der Waals surface area (Å²) in [6.45, 7) is 7.69. The maximum Gasteiger partial charge on any atom is 0.200 e. The van der Waals surface area contributed by atoms with Crippen LogP contribution in [0.25, 0.3) is 0 Å². The lowest BCUT2D eigenvalue weighted by molar-refractivity contribution is 0.419. The van der Waals surface area contributed by atoms with E-state index in [1.807, 2.05) is 20.8 Å². The van der Waals surface area contributed by atoms with Gasteiger partial charge in [0.1, 0.15) is 0 Å². The lowest BCUT2D eigenvalue weighted by Gasteiger charge is -2.21. The van der Waals surface area contributed by atoms with E-state index in [1.165, 1.54) is 0 Å². The van der Waals surface area contributed by atoms with Gasteiger partial charge in [0.15, 0.2) is 0 Å². The molecule has 0 aliphatic rings. The quantitative estimate of drug-likeness (QED) is 0.636. The molecule has 0 aromatic carbocycles. The standard InChI is InChI=1S/C7H17O2P/c1-5-10(8,9)6-7(2,3)4/h5-6H2,1-4H3,(H,8,9). The number of hydrogen-bond acceptors (Lipinski definition) is 1. The van der Waals surface area contributed by atoms with Crippen molar-refractivity contribution in [2.75, 3.05) is 12.3 Å². The van der Waals surface area contributed by atoms with Crippen molar-refractivity contribution in [1.82, 2.24) is 0 Å². The van der Waals surface area contributed by atoms with Gasteiger partial charge in [-0.25, -0.2) is 0 Å². The van der Waals surface area contributed by atoms with Crippen molar-refractivity contribution < 1.29 is 9.46 Å². The molecular formula is C7H17O2P. The highest BCUT2D eigenvalue weighted by Crippen LogP contribution is 2.45. The minimum atomic E-state index is -2.79. The molecule has 0 aliphatic carbocycles. The second-order valence-corrected chi connectivity index (χ2v) is 6.52. The largest absolute Gasteiger partial charge is 0.344 e. The second-order valence-electron chi connectivity index (χ2n) is 3.88. The van der Waals surface area contributed by atoms with E-state index in [9.17, 15) is 9.46 Å². The zero-order valence-electron chi connectivity index (χ0n) is 7.22. The van der Waals surface area contributed by atoms with Crippen LogP contribution in [0.3, 0.4) is 0 Å². The van der Waals surface area contributed by atoms with Gasteiger partial charge in [0.05, 0.1) is 0 Å². The molecule has 62 valence electrons. The summed E-state index contributed by atoms with van der Waals surface area (Å²) < 4.78 is 11.2. The predicted octanol–water partition coefficient (Wildman–Crippen LogP) is 2.32. The number of hydrogen-bond donors (Lipinski definition) is 1. The summed E-state index contributed by atoms with van der Waals surface area (Å²) in [4.78, 5) is 9.21. The fourth-order valence-corrected chi connectivity index (χ4v) is 2.56. The van der Waals surface area contributed by atoms with Crippen molar-refractivity contribution in [2.24, 2.45) is 5.41 Å². The molecule has 2 nitrogen and oxygen atoms in total. The van der Waals surface area contributed by atoms with Crippen LogP contribution in [0.2, 0.25) is 0 Å². The molecule has 1 N–H and O–H groups in total. The lowest BCUT2D eigenvalue weighted by Crippen LogP contribution is -2.12. The predicted molar refractivity (Wildman–Crippen MR) is 44.7 cm³/mol. The monoisotopic (exact) mass is 164 g/mol. The molecule has 0 heterocycles. The molecule has 0 rings (SSSR count). The van der Waals surface area contributed by atoms with E-state index in [-0.39, 0.29) is 5.41 Å². The smallest absolute Gasteiger partial charge is 0.200 e. The molecule has 10 heavy (non-hydrogen) atoms. The highest BCUT2D eigenvalue weighted by atomic mass is 31.2. The average Bonchev–Trinajstić information content (AvgIpc) is 1.60. The molecule has 3 heteroatoms. The molecule has 0 radical (unpaired) electrons. The Morgan fingerprint density at radius 1 is 1.40 bits per heavy atom. The van der Waals surface area contributed by atoms with Crippen molar-refractivity contribution in [2.45, 2.75) is 27.7 Å². The first-order chi connectivity index (χ1) is 4.27. The molecular weight excluding hydrogens is 147 g/mol. The summed E-state index contributed by atoms with van der Waals surface area (Å²) >= 11 is 0. The van der Waals surface area contributed by atoms with Crippen molar-refractivity contribution in [3.05, 3.63) is 0 Å². The van der Waals surface area contributed by atoms with Crippen LogP contribution in [-0.4, -0.2) is 17.2 Å². The third kappa shape index (κ3) is 5.01. The van der Waals surface area contributed by atoms with E-state index < -0.39 is 7.37 Å². The Labute approximate surface area is 63.1 Å². The Hall–Kier alpha value is 0.190. The Bertz CT molecular complexity index is 146. The van der Waals surface area contributed by atoms with Crippen molar-refractivity contribution in [3.63, 3.8) is 0 Å². The molecule has 1 unspecified atom stereocenters. The van der Waals surface area contributed by atoms with Crippen LogP contribution in [0.4, 0.5) is 0 Å². The molecule has 0 spiro atoms. The molecule has 0 saturated heterocycles. The molecule has 0 aromatic rings. The van der Waals surface area contributed by atoms with Gasteiger partial charge >= 0.3 is 0 Å². The Balaban J connectivity index is 4.03. The van der Waals surface area contributed by atoms with E-state index >= 15 is 0 Å². The van der Waals surface area contributed by atoms with Crippen LogP contribution < -0.4 is 0 Å². The van der Waals surface area contributed by atoms with Crippen LogP contribution in [0, 0.1) is 5.41 Å². The van der Waals surface area contributed by atoms with Crippen molar-refractivity contribution >= 4 is 7.37 Å². The van der Waals surface area contributed by atoms with Crippen LogP contribution in [0.15, 0.2) is 0 Å². The zero-order valence-corrected chi connectivity index (χ0v) is 8.11. The maximum atomic E-state index is 11.2. The molecule has 1 atom stereocenters. The highest BCUT2D eigenvalue weighted by Gasteiger charge is 2.23. The minimum absolute atomic E-state index is 0.0275. The van der Waals surface area contributed by atoms with Crippen LogP contribution in [0.5, 0.6) is 0 Å². The second kappa shape index (κ2) is 3.06. The highest BCUT2D eigenvalue weighted by molar-refractivity contribution is 7.57. The molecule has 0 aromatic heterocycles. The minimum Gasteiger partial charge on any atom is -0.344 e. The van der Waals surface area contributed by atoms with Gasteiger partial charge in [-0.05, 0) is 5.41 Å². The van der Waals surface area contributed by atoms with Gasteiger partial charge in [0.2, 0.25) is 7.37 Å². The molecule has 0 fully saturated rings. The maximum absolute atomic E-state index is 11.2. The van der Waals surface area contributed by atoms with E-state index in [4.69, 9.17) is 0 Å². The normalized spacial score (nSPS) is 18.5. The van der Waals surface area contributed by atoms with E-state index in [1.54, 1.807) is 6.92 Å². The average molecular weight is 164 g/mol. The molecule has 0 aliphatic heterocycles. The fraction of sp³-hybridized carbons (Fsp3) is 1.00. The molecule has 0 saturated carbocycles. The third-order valence-corrected chi connectivity index (χ3v) is 3.65. The Kier molecular flexibility index (Phi) is 3.12. The summed E-state index contributed by atoms with van der Waals surface area (Å²) in [6.07, 6.45) is 0.820. The first-order valence-electron chi connectivity index (χ1n) is 3.58. The summed E-state index contributed by atoms with van der Waals surface area (Å²) in [6, 6.07) is 0. The van der Waals surface area contributed by atoms with E-state index in [2.05, 4.69) is 0 Å². The van der Waals surface area contributed by atoms with Crippen molar-refractivity contribution in [3.8, 4) is 0 Å². The summed E-state index contributed by atoms with van der Waals surface area (Å²) in [7, 11) is -2.79. The fourth-order valence-electron chi connectivity index (χ4n) is 0.853. The van der Waals surface area contributed by atoms with E-state index in [0.717, 1.165) is 0 Å². The lowest BCUT2D eigenvalue weighted by atomic mass is 10.0. The van der Waals surface area contributed by atoms with Gasteiger partial charge in [-0.3, -0.25) is 4.57 Å². The SMILES string of the molecule is CCP(=O)(O)CC(C)(C)C. The Morgan fingerprint density at radius 3 is 1.90 bits per heavy atom.